The van der Waals surface area contributed by atoms with Gasteiger partial charge >= 0.3 is 0 Å². The van der Waals surface area contributed by atoms with Crippen LogP contribution in [0.25, 0.3) is 0 Å². The Labute approximate surface area is 130 Å². The van der Waals surface area contributed by atoms with E-state index in [9.17, 15) is 0 Å². The third-order valence-electron chi connectivity index (χ3n) is 2.90. The molecule has 0 aromatic heterocycles. The Bertz CT molecular complexity index is 493. The minimum atomic E-state index is 0.359. The number of hydrogen-bond acceptors (Lipinski definition) is 1. The molecule has 0 bridgehead atoms. The van der Waals surface area contributed by atoms with Crippen LogP contribution in [0.2, 0.25) is 0 Å². The fourth-order valence-corrected chi connectivity index (χ4v) is 2.37. The monoisotopic (exact) mass is 415 g/mol. The number of benzene rings is 2. The molecule has 0 amide bonds. The van der Waals surface area contributed by atoms with Crippen molar-refractivity contribution in [1.82, 2.24) is 5.32 Å². The fraction of sp³-hybridized carbons (Fsp3) is 0.200. The van der Waals surface area contributed by atoms with E-state index in [2.05, 4.69) is 99.3 Å². The third kappa shape index (κ3) is 4.07. The molecule has 2 rings (SSSR count). The second-order valence-corrected chi connectivity index (χ2v) is 6.44. The van der Waals surface area contributed by atoms with Crippen LogP contribution < -0.4 is 5.32 Å². The molecule has 0 aliphatic heterocycles. The second kappa shape index (κ2) is 6.68. The van der Waals surface area contributed by atoms with Gasteiger partial charge in [-0.05, 0) is 64.9 Å². The third-order valence-corrected chi connectivity index (χ3v) is 4.14. The molecule has 0 unspecified atom stereocenters. The van der Waals surface area contributed by atoms with Crippen LogP contribution in [0.15, 0.2) is 53.0 Å². The van der Waals surface area contributed by atoms with Crippen molar-refractivity contribution in [3.63, 3.8) is 0 Å². The minimum absolute atomic E-state index is 0.359. The molecule has 0 saturated carbocycles. The summed E-state index contributed by atoms with van der Waals surface area (Å²) in [6.07, 6.45) is 0. The highest BCUT2D eigenvalue weighted by molar-refractivity contribution is 14.1. The first kappa shape index (κ1) is 14.0. The molecule has 0 aliphatic rings. The van der Waals surface area contributed by atoms with Gasteiger partial charge < -0.3 is 5.32 Å². The van der Waals surface area contributed by atoms with Crippen LogP contribution in [-0.4, -0.2) is 0 Å². The van der Waals surface area contributed by atoms with Gasteiger partial charge in [-0.25, -0.2) is 0 Å². The predicted octanol–water partition coefficient (Wildman–Crippen LogP) is 4.90. The number of nitrogens with one attached hydrogen (secondary N) is 1. The molecule has 2 aromatic rings. The van der Waals surface area contributed by atoms with Crippen molar-refractivity contribution in [3.8, 4) is 0 Å². The highest BCUT2D eigenvalue weighted by atomic mass is 127. The summed E-state index contributed by atoms with van der Waals surface area (Å²) in [5, 5.41) is 3.54. The van der Waals surface area contributed by atoms with E-state index in [4.69, 9.17) is 0 Å². The van der Waals surface area contributed by atoms with Crippen LogP contribution in [0, 0.1) is 3.57 Å². The largest absolute Gasteiger partial charge is 0.306 e. The van der Waals surface area contributed by atoms with Gasteiger partial charge in [0.15, 0.2) is 0 Å². The van der Waals surface area contributed by atoms with Crippen LogP contribution in [0.3, 0.4) is 0 Å². The lowest BCUT2D eigenvalue weighted by molar-refractivity contribution is 0.574. The first-order valence-electron chi connectivity index (χ1n) is 5.88. The Kier molecular flexibility index (Phi) is 5.21. The molecule has 1 N–H and O–H groups in total. The summed E-state index contributed by atoms with van der Waals surface area (Å²) in [7, 11) is 0. The number of rotatable bonds is 4. The van der Waals surface area contributed by atoms with Gasteiger partial charge in [0, 0.05) is 20.6 Å². The van der Waals surface area contributed by atoms with E-state index in [1.54, 1.807) is 0 Å². The van der Waals surface area contributed by atoms with Crippen LogP contribution >= 0.6 is 38.5 Å². The Morgan fingerprint density at radius 2 is 1.67 bits per heavy atom. The molecular weight excluding hydrogens is 401 g/mol. The van der Waals surface area contributed by atoms with Crippen LogP contribution in [0.4, 0.5) is 0 Å². The summed E-state index contributed by atoms with van der Waals surface area (Å²) in [6.45, 7) is 3.09. The molecule has 94 valence electrons. The summed E-state index contributed by atoms with van der Waals surface area (Å²) in [5.74, 6) is 0. The lowest BCUT2D eigenvalue weighted by atomic mass is 10.1. The maximum atomic E-state index is 3.54. The summed E-state index contributed by atoms with van der Waals surface area (Å²) in [4.78, 5) is 0. The molecule has 0 radical (unpaired) electrons. The maximum Gasteiger partial charge on any atom is 0.0294 e. The van der Waals surface area contributed by atoms with Gasteiger partial charge in [0.25, 0.3) is 0 Å². The number of hydrogen-bond donors (Lipinski definition) is 1. The average molecular weight is 416 g/mol. The van der Waals surface area contributed by atoms with Gasteiger partial charge in [0.2, 0.25) is 0 Å². The standard InChI is InChI=1S/C15H15BrIN/c1-11(13-4-6-14(16)7-5-13)18-10-12-2-8-15(17)9-3-12/h2-9,11,18H,10H2,1H3/t11-/m0/s1. The summed E-state index contributed by atoms with van der Waals surface area (Å²) in [6, 6.07) is 17.4. The maximum absolute atomic E-state index is 3.54. The van der Waals surface area contributed by atoms with E-state index in [0.717, 1.165) is 11.0 Å². The van der Waals surface area contributed by atoms with Crippen molar-refractivity contribution < 1.29 is 0 Å². The first-order chi connectivity index (χ1) is 8.65. The molecule has 18 heavy (non-hydrogen) atoms. The zero-order valence-electron chi connectivity index (χ0n) is 10.2. The SMILES string of the molecule is C[C@H](NCc1ccc(I)cc1)c1ccc(Br)cc1. The van der Waals surface area contributed by atoms with Crippen molar-refractivity contribution >= 4 is 38.5 Å². The molecular formula is C15H15BrIN. The normalized spacial score (nSPS) is 12.4. The minimum Gasteiger partial charge on any atom is -0.306 e. The average Bonchev–Trinajstić information content (AvgIpc) is 2.38. The lowest BCUT2D eigenvalue weighted by Crippen LogP contribution is -2.17. The van der Waals surface area contributed by atoms with Gasteiger partial charge in [-0.1, -0.05) is 40.2 Å². The highest BCUT2D eigenvalue weighted by Gasteiger charge is 2.04. The molecule has 0 heterocycles. The van der Waals surface area contributed by atoms with Crippen LogP contribution in [-0.2, 0) is 6.54 Å². The lowest BCUT2D eigenvalue weighted by Gasteiger charge is -2.14. The molecule has 1 atom stereocenters. The molecule has 2 aromatic carbocycles. The van der Waals surface area contributed by atoms with Crippen molar-refractivity contribution in [2.45, 2.75) is 19.5 Å². The van der Waals surface area contributed by atoms with Crippen LogP contribution in [0.5, 0.6) is 0 Å². The molecule has 0 spiro atoms. The van der Waals surface area contributed by atoms with Gasteiger partial charge in [-0.15, -0.1) is 0 Å². The van der Waals surface area contributed by atoms with Crippen molar-refractivity contribution in [2.75, 3.05) is 0 Å². The number of halogens is 2. The first-order valence-corrected chi connectivity index (χ1v) is 7.75. The summed E-state index contributed by atoms with van der Waals surface area (Å²) in [5.41, 5.74) is 2.63. The molecule has 1 nitrogen and oxygen atoms in total. The fourth-order valence-electron chi connectivity index (χ4n) is 1.74. The van der Waals surface area contributed by atoms with Gasteiger partial charge in [-0.3, -0.25) is 0 Å². The van der Waals surface area contributed by atoms with E-state index < -0.39 is 0 Å². The van der Waals surface area contributed by atoms with E-state index in [1.807, 2.05) is 0 Å². The van der Waals surface area contributed by atoms with Gasteiger partial charge in [-0.2, -0.15) is 0 Å². The molecule has 0 fully saturated rings. The van der Waals surface area contributed by atoms with E-state index >= 15 is 0 Å². The zero-order valence-corrected chi connectivity index (χ0v) is 13.9. The summed E-state index contributed by atoms with van der Waals surface area (Å²) >= 11 is 5.78. The Morgan fingerprint density at radius 1 is 1.06 bits per heavy atom. The van der Waals surface area contributed by atoms with Crippen molar-refractivity contribution in [1.29, 1.82) is 0 Å². The molecule has 0 saturated heterocycles. The Balaban J connectivity index is 1.93. The summed E-state index contributed by atoms with van der Waals surface area (Å²) < 4.78 is 2.40. The van der Waals surface area contributed by atoms with E-state index in [0.29, 0.717) is 6.04 Å². The molecule has 3 heteroatoms. The van der Waals surface area contributed by atoms with E-state index in [1.165, 1.54) is 14.7 Å². The Hall–Kier alpha value is -0.390. The zero-order chi connectivity index (χ0) is 13.0. The quantitative estimate of drug-likeness (QED) is 0.700. The predicted molar refractivity (Wildman–Crippen MR) is 88.6 cm³/mol. The smallest absolute Gasteiger partial charge is 0.0294 e. The van der Waals surface area contributed by atoms with Gasteiger partial charge in [0.05, 0.1) is 0 Å². The van der Waals surface area contributed by atoms with E-state index in [-0.39, 0.29) is 0 Å². The second-order valence-electron chi connectivity index (χ2n) is 4.28. The van der Waals surface area contributed by atoms with Gasteiger partial charge in [0.1, 0.15) is 0 Å². The van der Waals surface area contributed by atoms with Crippen LogP contribution in [0.1, 0.15) is 24.1 Å². The molecule has 0 aliphatic carbocycles. The highest BCUT2D eigenvalue weighted by Crippen LogP contribution is 2.17. The topological polar surface area (TPSA) is 12.0 Å². The van der Waals surface area contributed by atoms with Crippen molar-refractivity contribution in [2.24, 2.45) is 0 Å². The van der Waals surface area contributed by atoms with Crippen molar-refractivity contribution in [3.05, 3.63) is 67.7 Å². The Morgan fingerprint density at radius 3 is 2.28 bits per heavy atom.